The van der Waals surface area contributed by atoms with E-state index in [1.165, 1.54) is 0 Å². The summed E-state index contributed by atoms with van der Waals surface area (Å²) in [5.74, 6) is 2.08. The molecule has 4 aromatic rings. The minimum Gasteiger partial charge on any atom is -0.390 e. The zero-order chi connectivity index (χ0) is 29.2. The van der Waals surface area contributed by atoms with E-state index < -0.39 is 0 Å². The highest BCUT2D eigenvalue weighted by atomic mass is 33.1. The number of rotatable bonds is 17. The third-order valence-electron chi connectivity index (χ3n) is 6.42. The molecule has 2 heterocycles. The summed E-state index contributed by atoms with van der Waals surface area (Å²) in [6.45, 7) is 3.39. The Kier molecular flexibility index (Phi) is 13.5. The number of aromatic nitrogens is 2. The van der Waals surface area contributed by atoms with Crippen LogP contribution in [-0.4, -0.2) is 48.0 Å². The van der Waals surface area contributed by atoms with Crippen LogP contribution >= 0.6 is 21.6 Å². The molecular formula is C34H40N4O2S2+2. The van der Waals surface area contributed by atoms with Gasteiger partial charge in [0, 0.05) is 60.2 Å². The van der Waals surface area contributed by atoms with Crippen LogP contribution in [-0.2, 0) is 13.1 Å². The highest BCUT2D eigenvalue weighted by molar-refractivity contribution is 8.76. The summed E-state index contributed by atoms with van der Waals surface area (Å²) in [6.07, 6.45) is 16.4. The van der Waals surface area contributed by atoms with Gasteiger partial charge in [0.15, 0.2) is 37.9 Å². The fraction of sp³-hybridized carbons (Fsp3) is 0.235. The molecular weight excluding hydrogens is 561 g/mol. The lowest BCUT2D eigenvalue weighted by Gasteiger charge is -2.08. The standard InChI is InChI=1S/C34H38N4O2S2/c39-25-23-37-19-13-31(14-20-37)3-1-29-5-9-33(10-6-29)35-17-27-41-42-28-18-36-34-11-7-30(8-12-34)2-4-32-15-21-38(22-16-32)24-26-40/h1-16,19-22,39-40H,17-18,23-28H2/p+2. The maximum absolute atomic E-state index is 9.02. The van der Waals surface area contributed by atoms with Gasteiger partial charge >= 0.3 is 0 Å². The topological polar surface area (TPSA) is 72.3 Å². The van der Waals surface area contributed by atoms with Crippen molar-refractivity contribution in [3.63, 3.8) is 0 Å². The normalized spacial score (nSPS) is 11.4. The molecule has 0 saturated heterocycles. The van der Waals surface area contributed by atoms with E-state index in [9.17, 15) is 0 Å². The Morgan fingerprint density at radius 3 is 1.17 bits per heavy atom. The maximum Gasteiger partial charge on any atom is 0.171 e. The van der Waals surface area contributed by atoms with Crippen molar-refractivity contribution in [2.75, 3.05) is 48.4 Å². The summed E-state index contributed by atoms with van der Waals surface area (Å²) >= 11 is 0. The van der Waals surface area contributed by atoms with E-state index in [0.717, 1.165) is 58.2 Å². The third-order valence-corrected chi connectivity index (χ3v) is 8.83. The highest BCUT2D eigenvalue weighted by Gasteiger charge is 2.00. The van der Waals surface area contributed by atoms with Gasteiger partial charge in [0.05, 0.1) is 0 Å². The summed E-state index contributed by atoms with van der Waals surface area (Å²) in [5, 5.41) is 25.0. The smallest absolute Gasteiger partial charge is 0.171 e. The maximum atomic E-state index is 9.02. The van der Waals surface area contributed by atoms with Crippen molar-refractivity contribution in [1.82, 2.24) is 0 Å². The van der Waals surface area contributed by atoms with Crippen LogP contribution in [0.3, 0.4) is 0 Å². The molecule has 0 aliphatic rings. The number of aliphatic hydroxyl groups is 2. The number of nitrogens with zero attached hydrogens (tertiary/aromatic N) is 2. The molecule has 0 amide bonds. The Morgan fingerprint density at radius 2 is 0.833 bits per heavy atom. The molecule has 0 aliphatic carbocycles. The van der Waals surface area contributed by atoms with Crippen LogP contribution in [0.1, 0.15) is 22.3 Å². The molecule has 6 nitrogen and oxygen atoms in total. The Hall–Kier alpha value is -3.56. The van der Waals surface area contributed by atoms with E-state index in [1.807, 2.05) is 79.8 Å². The van der Waals surface area contributed by atoms with Gasteiger partial charge in [-0.1, -0.05) is 70.2 Å². The van der Waals surface area contributed by atoms with Crippen molar-refractivity contribution in [1.29, 1.82) is 0 Å². The number of pyridine rings is 2. The van der Waals surface area contributed by atoms with Crippen LogP contribution < -0.4 is 19.8 Å². The van der Waals surface area contributed by atoms with Gasteiger partial charge in [-0.25, -0.2) is 9.13 Å². The van der Waals surface area contributed by atoms with Gasteiger partial charge < -0.3 is 20.8 Å². The van der Waals surface area contributed by atoms with Gasteiger partial charge in [-0.15, -0.1) is 0 Å². The number of hydrogen-bond donors (Lipinski definition) is 4. The molecule has 2 aromatic heterocycles. The molecule has 0 saturated carbocycles. The predicted molar refractivity (Wildman–Crippen MR) is 180 cm³/mol. The fourth-order valence-electron chi connectivity index (χ4n) is 4.09. The number of benzene rings is 2. The average Bonchev–Trinajstić information content (AvgIpc) is 3.03. The van der Waals surface area contributed by atoms with E-state index in [4.69, 9.17) is 10.2 Å². The quantitative estimate of drug-likeness (QED) is 0.0730. The van der Waals surface area contributed by atoms with Gasteiger partial charge in [0.1, 0.15) is 13.2 Å². The summed E-state index contributed by atoms with van der Waals surface area (Å²) < 4.78 is 3.93. The lowest BCUT2D eigenvalue weighted by molar-refractivity contribution is -0.698. The van der Waals surface area contributed by atoms with Crippen LogP contribution in [0, 0.1) is 0 Å². The summed E-state index contributed by atoms with van der Waals surface area (Å²) in [5.41, 5.74) is 6.87. The summed E-state index contributed by atoms with van der Waals surface area (Å²) in [4.78, 5) is 0. The average molecular weight is 601 g/mol. The van der Waals surface area contributed by atoms with Crippen LogP contribution in [0.5, 0.6) is 0 Å². The first-order chi connectivity index (χ1) is 20.7. The largest absolute Gasteiger partial charge is 0.390 e. The second kappa shape index (κ2) is 18.1. The highest BCUT2D eigenvalue weighted by Crippen LogP contribution is 2.21. The molecule has 218 valence electrons. The van der Waals surface area contributed by atoms with Crippen molar-refractivity contribution in [3.8, 4) is 0 Å². The van der Waals surface area contributed by atoms with Crippen LogP contribution in [0.4, 0.5) is 11.4 Å². The van der Waals surface area contributed by atoms with Crippen molar-refractivity contribution in [3.05, 3.63) is 120 Å². The Labute approximate surface area is 257 Å². The molecule has 0 fully saturated rings. The zero-order valence-electron chi connectivity index (χ0n) is 23.8. The minimum absolute atomic E-state index is 0.148. The van der Waals surface area contributed by atoms with Crippen molar-refractivity contribution in [2.45, 2.75) is 13.1 Å². The van der Waals surface area contributed by atoms with Gasteiger partial charge in [0.2, 0.25) is 0 Å². The SMILES string of the molecule is OCC[n+]1ccc(/C=C/c2ccc(NCCSSCCNc3ccc(/C=C/c4cc[n+](CCO)cc4)cc3)cc2)cc1. The second-order valence-electron chi connectivity index (χ2n) is 9.59. The molecule has 4 N–H and O–H groups in total. The molecule has 8 heteroatoms. The van der Waals surface area contributed by atoms with Crippen LogP contribution in [0.25, 0.3) is 24.3 Å². The molecule has 2 aromatic carbocycles. The lowest BCUT2D eigenvalue weighted by Crippen LogP contribution is -2.34. The van der Waals surface area contributed by atoms with Gasteiger partial charge in [-0.3, -0.25) is 0 Å². The second-order valence-corrected chi connectivity index (χ2v) is 12.3. The first-order valence-electron chi connectivity index (χ1n) is 14.2. The van der Waals surface area contributed by atoms with E-state index >= 15 is 0 Å². The van der Waals surface area contributed by atoms with E-state index in [-0.39, 0.29) is 13.2 Å². The monoisotopic (exact) mass is 600 g/mol. The first kappa shape index (κ1) is 31.4. The van der Waals surface area contributed by atoms with E-state index in [0.29, 0.717) is 13.1 Å². The lowest BCUT2D eigenvalue weighted by atomic mass is 10.1. The molecule has 0 spiro atoms. The third kappa shape index (κ3) is 11.4. The van der Waals surface area contributed by atoms with E-state index in [1.54, 1.807) is 0 Å². The number of hydrogen-bond acceptors (Lipinski definition) is 6. The molecule has 0 aliphatic heterocycles. The molecule has 0 atom stereocenters. The molecule has 0 unspecified atom stereocenters. The molecule has 0 bridgehead atoms. The van der Waals surface area contributed by atoms with Crippen molar-refractivity contribution >= 4 is 57.3 Å². The number of aliphatic hydroxyl groups excluding tert-OH is 2. The van der Waals surface area contributed by atoms with Gasteiger partial charge in [-0.2, -0.15) is 0 Å². The van der Waals surface area contributed by atoms with Crippen LogP contribution in [0.2, 0.25) is 0 Å². The Morgan fingerprint density at radius 1 is 0.500 bits per heavy atom. The van der Waals surface area contributed by atoms with Crippen LogP contribution in [0.15, 0.2) is 97.6 Å². The van der Waals surface area contributed by atoms with Gasteiger partial charge in [-0.05, 0) is 46.5 Å². The first-order valence-corrected chi connectivity index (χ1v) is 16.7. The fourth-order valence-corrected chi connectivity index (χ4v) is 5.90. The minimum atomic E-state index is 0.148. The molecule has 0 radical (unpaired) electrons. The summed E-state index contributed by atoms with van der Waals surface area (Å²) in [6, 6.07) is 25.2. The predicted octanol–water partition coefficient (Wildman–Crippen LogP) is 5.49. The van der Waals surface area contributed by atoms with Crippen molar-refractivity contribution < 1.29 is 19.3 Å². The zero-order valence-corrected chi connectivity index (χ0v) is 25.4. The Bertz CT molecular complexity index is 1270. The van der Waals surface area contributed by atoms with E-state index in [2.05, 4.69) is 83.5 Å². The molecule has 42 heavy (non-hydrogen) atoms. The number of nitrogens with one attached hydrogen (secondary N) is 2. The summed E-state index contributed by atoms with van der Waals surface area (Å²) in [7, 11) is 3.79. The number of anilines is 2. The van der Waals surface area contributed by atoms with Gasteiger partial charge in [0.25, 0.3) is 0 Å². The van der Waals surface area contributed by atoms with Crippen molar-refractivity contribution in [2.24, 2.45) is 0 Å². The molecule has 4 rings (SSSR count). The Balaban J connectivity index is 1.05.